The van der Waals surface area contributed by atoms with Crippen LogP contribution in [0.4, 0.5) is 0 Å². The molecule has 3 aromatic rings. The molecule has 0 atom stereocenters. The van der Waals surface area contributed by atoms with Crippen molar-refractivity contribution in [3.8, 4) is 11.3 Å². The first-order valence-corrected chi connectivity index (χ1v) is 8.64. The van der Waals surface area contributed by atoms with E-state index < -0.39 is 0 Å². The second-order valence-corrected chi connectivity index (χ2v) is 6.22. The minimum atomic E-state index is -0.211. The summed E-state index contributed by atoms with van der Waals surface area (Å²) < 4.78 is 11.3. The lowest BCUT2D eigenvalue weighted by Gasteiger charge is -1.98. The van der Waals surface area contributed by atoms with Crippen LogP contribution in [0.3, 0.4) is 0 Å². The number of halogens is 1. The molecule has 0 amide bonds. The zero-order chi connectivity index (χ0) is 17.5. The molecule has 0 spiro atoms. The lowest BCUT2D eigenvalue weighted by atomic mass is 10.1. The molecule has 0 fully saturated rings. The molecule has 2 aromatic carbocycles. The third-order valence-corrected chi connectivity index (χ3v) is 4.02. The van der Waals surface area contributed by atoms with Gasteiger partial charge in [0.2, 0.25) is 0 Å². The van der Waals surface area contributed by atoms with Crippen molar-refractivity contribution in [3.05, 3.63) is 57.7 Å². The van der Waals surface area contributed by atoms with Gasteiger partial charge < -0.3 is 14.3 Å². The van der Waals surface area contributed by atoms with E-state index in [2.05, 4.69) is 27.3 Å². The SMILES string of the molecule is CCOC(C)=O.OCc1cc(I)c2oc(-c3ccccc3)cc2c1. The van der Waals surface area contributed by atoms with E-state index in [9.17, 15) is 9.90 Å². The maximum Gasteiger partial charge on any atom is 0.302 e. The smallest absolute Gasteiger partial charge is 0.302 e. The molecule has 0 saturated carbocycles. The molecule has 126 valence electrons. The number of ether oxygens (including phenoxy) is 1. The van der Waals surface area contributed by atoms with E-state index in [4.69, 9.17) is 4.42 Å². The molecule has 0 aliphatic heterocycles. The number of benzene rings is 2. The van der Waals surface area contributed by atoms with Crippen LogP contribution >= 0.6 is 22.6 Å². The fourth-order valence-corrected chi connectivity index (χ4v) is 3.03. The normalized spacial score (nSPS) is 10.2. The molecule has 1 N–H and O–H groups in total. The standard InChI is InChI=1S/C15H11IO2.C4H8O2/c16-13-7-10(9-17)6-12-8-14(18-15(12)13)11-4-2-1-3-5-11;1-3-6-4(2)5/h1-8,17H,9H2;3H2,1-2H3. The number of hydrogen-bond acceptors (Lipinski definition) is 4. The van der Waals surface area contributed by atoms with Crippen LogP contribution in [-0.4, -0.2) is 17.7 Å². The molecule has 1 aromatic heterocycles. The summed E-state index contributed by atoms with van der Waals surface area (Å²) in [6.07, 6.45) is 0. The Kier molecular flexibility index (Phi) is 6.81. The number of aliphatic hydroxyl groups excluding tert-OH is 1. The minimum absolute atomic E-state index is 0.0534. The second-order valence-electron chi connectivity index (χ2n) is 5.06. The summed E-state index contributed by atoms with van der Waals surface area (Å²) in [4.78, 5) is 9.82. The number of fused-ring (bicyclic) bond motifs is 1. The summed E-state index contributed by atoms with van der Waals surface area (Å²) in [5.41, 5.74) is 2.86. The first kappa shape index (κ1) is 18.5. The van der Waals surface area contributed by atoms with E-state index in [0.29, 0.717) is 6.61 Å². The molecule has 1 heterocycles. The summed E-state index contributed by atoms with van der Waals surface area (Å²) in [5.74, 6) is 0.649. The van der Waals surface area contributed by atoms with Crippen molar-refractivity contribution in [2.24, 2.45) is 0 Å². The van der Waals surface area contributed by atoms with Gasteiger partial charge in [0.05, 0.1) is 16.8 Å². The Bertz CT molecular complexity index is 809. The first-order valence-electron chi connectivity index (χ1n) is 7.56. The van der Waals surface area contributed by atoms with E-state index in [1.54, 1.807) is 6.92 Å². The number of esters is 1. The van der Waals surface area contributed by atoms with Gasteiger partial charge in [0.25, 0.3) is 0 Å². The zero-order valence-corrected chi connectivity index (χ0v) is 15.7. The highest BCUT2D eigenvalue weighted by Crippen LogP contribution is 2.31. The number of carbonyl (C=O) groups is 1. The Morgan fingerprint density at radius 2 is 1.92 bits per heavy atom. The van der Waals surface area contributed by atoms with Crippen molar-refractivity contribution in [2.45, 2.75) is 20.5 Å². The highest BCUT2D eigenvalue weighted by Gasteiger charge is 2.09. The van der Waals surface area contributed by atoms with Gasteiger partial charge in [-0.2, -0.15) is 0 Å². The fraction of sp³-hybridized carbons (Fsp3) is 0.211. The van der Waals surface area contributed by atoms with Crippen molar-refractivity contribution in [3.63, 3.8) is 0 Å². The van der Waals surface area contributed by atoms with E-state index in [1.165, 1.54) is 6.92 Å². The maximum atomic E-state index is 9.82. The van der Waals surface area contributed by atoms with Gasteiger partial charge >= 0.3 is 5.97 Å². The summed E-state index contributed by atoms with van der Waals surface area (Å²) in [6, 6.07) is 16.0. The van der Waals surface area contributed by atoms with Crippen molar-refractivity contribution >= 4 is 39.5 Å². The van der Waals surface area contributed by atoms with E-state index in [-0.39, 0.29) is 12.6 Å². The van der Waals surface area contributed by atoms with Crippen LogP contribution < -0.4 is 0 Å². The number of carbonyl (C=O) groups excluding carboxylic acids is 1. The summed E-state index contributed by atoms with van der Waals surface area (Å²) in [7, 11) is 0. The summed E-state index contributed by atoms with van der Waals surface area (Å²) in [5, 5.41) is 10.2. The molecule has 0 radical (unpaired) electrons. The molecule has 4 nitrogen and oxygen atoms in total. The number of aliphatic hydroxyl groups is 1. The van der Waals surface area contributed by atoms with Crippen LogP contribution in [0, 0.1) is 3.57 Å². The molecule has 5 heteroatoms. The molecule has 0 aliphatic rings. The highest BCUT2D eigenvalue weighted by atomic mass is 127. The highest BCUT2D eigenvalue weighted by molar-refractivity contribution is 14.1. The van der Waals surface area contributed by atoms with Gasteiger partial charge in [0, 0.05) is 17.9 Å². The Hall–Kier alpha value is -1.86. The van der Waals surface area contributed by atoms with Crippen LogP contribution in [0.5, 0.6) is 0 Å². The topological polar surface area (TPSA) is 59.7 Å². The Labute approximate surface area is 154 Å². The first-order chi connectivity index (χ1) is 11.5. The Balaban J connectivity index is 0.000000301. The second kappa shape index (κ2) is 8.84. The third-order valence-electron chi connectivity index (χ3n) is 3.22. The maximum absolute atomic E-state index is 9.82. The third kappa shape index (κ3) is 4.82. The van der Waals surface area contributed by atoms with Gasteiger partial charge in [-0.3, -0.25) is 4.79 Å². The monoisotopic (exact) mass is 438 g/mol. The summed E-state index contributed by atoms with van der Waals surface area (Å²) in [6.45, 7) is 3.71. The minimum Gasteiger partial charge on any atom is -0.466 e. The van der Waals surface area contributed by atoms with Gasteiger partial charge in [-0.05, 0) is 53.3 Å². The van der Waals surface area contributed by atoms with Crippen molar-refractivity contribution in [2.75, 3.05) is 6.61 Å². The molecular formula is C19H19IO4. The lowest BCUT2D eigenvalue weighted by Crippen LogP contribution is -1.95. The van der Waals surface area contributed by atoms with Gasteiger partial charge in [0.1, 0.15) is 11.3 Å². The van der Waals surface area contributed by atoms with Crippen LogP contribution in [0.1, 0.15) is 19.4 Å². The Morgan fingerprint density at radius 3 is 2.46 bits per heavy atom. The molecule has 0 saturated heterocycles. The quantitative estimate of drug-likeness (QED) is 0.473. The summed E-state index contributed by atoms with van der Waals surface area (Å²) >= 11 is 2.23. The molecule has 0 aliphatic carbocycles. The predicted octanol–water partition coefficient (Wildman–Crippen LogP) is 4.77. The van der Waals surface area contributed by atoms with Crippen LogP contribution in [0.2, 0.25) is 0 Å². The van der Waals surface area contributed by atoms with Crippen LogP contribution in [0.25, 0.3) is 22.3 Å². The molecule has 0 bridgehead atoms. The number of furan rings is 1. The zero-order valence-electron chi connectivity index (χ0n) is 13.6. The molecule has 3 rings (SSSR count). The van der Waals surface area contributed by atoms with Crippen LogP contribution in [-0.2, 0) is 16.1 Å². The Morgan fingerprint density at radius 1 is 1.21 bits per heavy atom. The number of hydrogen-bond donors (Lipinski definition) is 1. The lowest BCUT2D eigenvalue weighted by molar-refractivity contribution is -0.140. The van der Waals surface area contributed by atoms with E-state index in [1.807, 2.05) is 48.5 Å². The van der Waals surface area contributed by atoms with Gasteiger partial charge in [-0.25, -0.2) is 0 Å². The van der Waals surface area contributed by atoms with Gasteiger partial charge in [0.15, 0.2) is 0 Å². The van der Waals surface area contributed by atoms with Gasteiger partial charge in [-0.1, -0.05) is 30.3 Å². The molecule has 0 unspecified atom stereocenters. The van der Waals surface area contributed by atoms with Gasteiger partial charge in [-0.15, -0.1) is 0 Å². The molecular weight excluding hydrogens is 419 g/mol. The van der Waals surface area contributed by atoms with Crippen molar-refractivity contribution < 1.29 is 19.1 Å². The largest absolute Gasteiger partial charge is 0.466 e. The predicted molar refractivity (Wildman–Crippen MR) is 103 cm³/mol. The van der Waals surface area contributed by atoms with E-state index in [0.717, 1.165) is 31.4 Å². The average molecular weight is 438 g/mol. The average Bonchev–Trinajstić information content (AvgIpc) is 3.01. The fourth-order valence-electron chi connectivity index (χ4n) is 2.21. The van der Waals surface area contributed by atoms with Crippen molar-refractivity contribution in [1.82, 2.24) is 0 Å². The number of rotatable bonds is 3. The van der Waals surface area contributed by atoms with Crippen molar-refractivity contribution in [1.29, 1.82) is 0 Å². The van der Waals surface area contributed by atoms with E-state index >= 15 is 0 Å². The molecule has 24 heavy (non-hydrogen) atoms. The van der Waals surface area contributed by atoms with Crippen LogP contribution in [0.15, 0.2) is 52.9 Å².